The monoisotopic (exact) mass is 493 g/mol. The molecule has 0 aliphatic carbocycles. The molecule has 0 saturated carbocycles. The first-order valence-corrected chi connectivity index (χ1v) is 12.6. The summed E-state index contributed by atoms with van der Waals surface area (Å²) >= 11 is 0. The number of carbonyl (C=O) groups excluding carboxylic acids is 3. The van der Waals surface area contributed by atoms with Gasteiger partial charge in [0.15, 0.2) is 0 Å². The van der Waals surface area contributed by atoms with Crippen molar-refractivity contribution < 1.29 is 23.9 Å². The van der Waals surface area contributed by atoms with Gasteiger partial charge in [0.05, 0.1) is 13.7 Å². The second-order valence-corrected chi connectivity index (χ2v) is 9.61. The molecule has 2 aromatic carbocycles. The topological polar surface area (TPSA) is 88.2 Å². The average molecular weight is 494 g/mol. The SMILES string of the molecule is CC[C@@H](C)NC(=O)[C@@H]1COC2(CCN(C(=O)c3cccc(OC)c3)CC2)N1C(=O)c1ccccc1C. The van der Waals surface area contributed by atoms with Gasteiger partial charge in [0.25, 0.3) is 11.8 Å². The van der Waals surface area contributed by atoms with Gasteiger partial charge in [-0.15, -0.1) is 0 Å². The molecule has 2 aliphatic rings. The zero-order chi connectivity index (χ0) is 25.9. The van der Waals surface area contributed by atoms with Crippen molar-refractivity contribution in [1.82, 2.24) is 15.1 Å². The number of hydrogen-bond donors (Lipinski definition) is 1. The summed E-state index contributed by atoms with van der Waals surface area (Å²) in [4.78, 5) is 43.7. The van der Waals surface area contributed by atoms with E-state index in [9.17, 15) is 14.4 Å². The minimum absolute atomic E-state index is 0.00760. The Morgan fingerprint density at radius 3 is 2.50 bits per heavy atom. The highest BCUT2D eigenvalue weighted by Crippen LogP contribution is 2.39. The van der Waals surface area contributed by atoms with Crippen LogP contribution in [0.1, 0.15) is 59.4 Å². The summed E-state index contributed by atoms with van der Waals surface area (Å²) in [5.74, 6) is 0.101. The highest BCUT2D eigenvalue weighted by Gasteiger charge is 2.54. The number of carbonyl (C=O) groups is 3. The van der Waals surface area contributed by atoms with E-state index >= 15 is 0 Å². The molecule has 192 valence electrons. The van der Waals surface area contributed by atoms with Crippen LogP contribution in [0.4, 0.5) is 0 Å². The van der Waals surface area contributed by atoms with E-state index in [1.807, 2.05) is 39.0 Å². The summed E-state index contributed by atoms with van der Waals surface area (Å²) in [6.45, 7) is 6.79. The third-order valence-electron chi connectivity index (χ3n) is 7.31. The Morgan fingerprint density at radius 2 is 1.83 bits per heavy atom. The molecule has 4 rings (SSSR count). The highest BCUT2D eigenvalue weighted by molar-refractivity contribution is 5.99. The van der Waals surface area contributed by atoms with E-state index in [2.05, 4.69) is 5.32 Å². The molecule has 1 N–H and O–H groups in total. The van der Waals surface area contributed by atoms with Gasteiger partial charge in [-0.2, -0.15) is 0 Å². The lowest BCUT2D eigenvalue weighted by molar-refractivity contribution is -0.128. The molecule has 0 unspecified atom stereocenters. The van der Waals surface area contributed by atoms with Crippen molar-refractivity contribution in [1.29, 1.82) is 0 Å². The molecule has 0 bridgehead atoms. The van der Waals surface area contributed by atoms with Crippen molar-refractivity contribution in [3.05, 3.63) is 65.2 Å². The summed E-state index contributed by atoms with van der Waals surface area (Å²) in [5, 5.41) is 3.01. The number of hydrogen-bond acceptors (Lipinski definition) is 5. The molecule has 1 spiro atoms. The summed E-state index contributed by atoms with van der Waals surface area (Å²) in [6, 6.07) is 13.7. The van der Waals surface area contributed by atoms with Crippen molar-refractivity contribution >= 4 is 17.7 Å². The Hall–Kier alpha value is -3.39. The number of piperidine rings is 1. The fourth-order valence-corrected chi connectivity index (χ4v) is 4.95. The van der Waals surface area contributed by atoms with Gasteiger partial charge >= 0.3 is 0 Å². The summed E-state index contributed by atoms with van der Waals surface area (Å²) in [6.07, 6.45) is 1.64. The molecule has 0 radical (unpaired) electrons. The van der Waals surface area contributed by atoms with Crippen molar-refractivity contribution in [2.24, 2.45) is 0 Å². The first-order valence-electron chi connectivity index (χ1n) is 12.6. The van der Waals surface area contributed by atoms with Gasteiger partial charge in [0.2, 0.25) is 5.91 Å². The minimum Gasteiger partial charge on any atom is -0.497 e. The third-order valence-corrected chi connectivity index (χ3v) is 7.31. The smallest absolute Gasteiger partial charge is 0.257 e. The fourth-order valence-electron chi connectivity index (χ4n) is 4.95. The Morgan fingerprint density at radius 1 is 1.11 bits per heavy atom. The van der Waals surface area contributed by atoms with E-state index in [1.54, 1.807) is 47.2 Å². The standard InChI is InChI=1S/C28H35N3O5/c1-5-20(3)29-25(32)24-18-36-28(31(24)27(34)23-12-7-6-9-19(23)2)13-15-30(16-14-28)26(33)21-10-8-11-22(17-21)35-4/h6-12,17,20,24H,5,13-16,18H2,1-4H3,(H,29,32)/t20-,24+/m1/s1. The first-order chi connectivity index (χ1) is 17.3. The molecule has 0 aromatic heterocycles. The number of nitrogens with one attached hydrogen (secondary N) is 1. The van der Waals surface area contributed by atoms with E-state index in [4.69, 9.17) is 9.47 Å². The number of rotatable bonds is 6. The maximum absolute atomic E-state index is 13.9. The molecule has 2 fully saturated rings. The van der Waals surface area contributed by atoms with Crippen LogP contribution in [-0.4, -0.2) is 72.1 Å². The lowest BCUT2D eigenvalue weighted by atomic mass is 9.95. The van der Waals surface area contributed by atoms with E-state index in [-0.39, 0.29) is 30.4 Å². The van der Waals surface area contributed by atoms with Gasteiger partial charge in [-0.05, 0) is 50.1 Å². The zero-order valence-electron chi connectivity index (χ0n) is 21.5. The zero-order valence-corrected chi connectivity index (χ0v) is 21.5. The highest BCUT2D eigenvalue weighted by atomic mass is 16.5. The molecular weight excluding hydrogens is 458 g/mol. The van der Waals surface area contributed by atoms with Gasteiger partial charge in [0, 0.05) is 43.1 Å². The second-order valence-electron chi connectivity index (χ2n) is 9.61. The lowest BCUT2D eigenvalue weighted by Gasteiger charge is -2.44. The summed E-state index contributed by atoms with van der Waals surface area (Å²) in [7, 11) is 1.57. The van der Waals surface area contributed by atoms with Gasteiger partial charge in [0.1, 0.15) is 17.5 Å². The molecule has 8 nitrogen and oxygen atoms in total. The Bertz CT molecular complexity index is 1130. The number of amides is 3. The van der Waals surface area contributed by atoms with E-state index < -0.39 is 11.8 Å². The molecule has 36 heavy (non-hydrogen) atoms. The van der Waals surface area contributed by atoms with Crippen LogP contribution < -0.4 is 10.1 Å². The lowest BCUT2D eigenvalue weighted by Crippen LogP contribution is -2.60. The first kappa shape index (κ1) is 25.7. The Labute approximate surface area is 212 Å². The largest absolute Gasteiger partial charge is 0.497 e. The number of benzene rings is 2. The maximum Gasteiger partial charge on any atom is 0.257 e. The van der Waals surface area contributed by atoms with E-state index in [1.165, 1.54) is 0 Å². The molecule has 2 heterocycles. The van der Waals surface area contributed by atoms with Crippen molar-refractivity contribution in [3.8, 4) is 5.75 Å². The van der Waals surface area contributed by atoms with Crippen LogP contribution in [0.3, 0.4) is 0 Å². The minimum atomic E-state index is -0.942. The van der Waals surface area contributed by atoms with E-state index in [0.717, 1.165) is 12.0 Å². The van der Waals surface area contributed by atoms with Gasteiger partial charge in [-0.1, -0.05) is 31.2 Å². The molecule has 2 saturated heterocycles. The van der Waals surface area contributed by atoms with Gasteiger partial charge < -0.3 is 19.7 Å². The van der Waals surface area contributed by atoms with Gasteiger partial charge in [-0.25, -0.2) is 0 Å². The normalized spacial score (nSPS) is 19.7. The average Bonchev–Trinajstić information content (AvgIpc) is 3.27. The molecule has 3 amide bonds. The molecule has 2 aromatic rings. The Balaban J connectivity index is 1.58. The quantitative estimate of drug-likeness (QED) is 0.667. The van der Waals surface area contributed by atoms with Crippen LogP contribution in [0.15, 0.2) is 48.5 Å². The van der Waals surface area contributed by atoms with Gasteiger partial charge in [-0.3, -0.25) is 19.3 Å². The van der Waals surface area contributed by atoms with Crippen molar-refractivity contribution in [2.75, 3.05) is 26.8 Å². The molecule has 2 aliphatic heterocycles. The number of nitrogens with zero attached hydrogens (tertiary/aromatic N) is 2. The van der Waals surface area contributed by atoms with Crippen LogP contribution in [0, 0.1) is 6.92 Å². The molecule has 2 atom stereocenters. The van der Waals surface area contributed by atoms with Crippen molar-refractivity contribution in [3.63, 3.8) is 0 Å². The van der Waals surface area contributed by atoms with Crippen molar-refractivity contribution in [2.45, 2.75) is 57.8 Å². The molecular formula is C28H35N3O5. The third kappa shape index (κ3) is 4.95. The maximum atomic E-state index is 13.9. The fraction of sp³-hybridized carbons (Fsp3) is 0.464. The van der Waals surface area contributed by atoms with E-state index in [0.29, 0.717) is 42.8 Å². The number of ether oxygens (including phenoxy) is 2. The summed E-state index contributed by atoms with van der Waals surface area (Å²) < 4.78 is 11.5. The van der Waals surface area contributed by atoms with Crippen LogP contribution in [0.25, 0.3) is 0 Å². The summed E-state index contributed by atoms with van der Waals surface area (Å²) in [5.41, 5.74) is 1.01. The number of likely N-dealkylation sites (tertiary alicyclic amines) is 1. The Kier molecular flexibility index (Phi) is 7.64. The van der Waals surface area contributed by atoms with Crippen LogP contribution >= 0.6 is 0 Å². The second kappa shape index (κ2) is 10.7. The molecule has 8 heteroatoms. The number of aryl methyl sites for hydroxylation is 1. The number of methoxy groups -OCH3 is 1. The van der Waals surface area contributed by atoms with Crippen LogP contribution in [0.2, 0.25) is 0 Å². The van der Waals surface area contributed by atoms with Crippen LogP contribution in [-0.2, 0) is 9.53 Å². The van der Waals surface area contributed by atoms with Crippen LogP contribution in [0.5, 0.6) is 5.75 Å². The predicted octanol–water partition coefficient (Wildman–Crippen LogP) is 3.39. The predicted molar refractivity (Wildman–Crippen MR) is 136 cm³/mol.